The lowest BCUT2D eigenvalue weighted by Crippen LogP contribution is -2.42. The molecule has 0 aromatic heterocycles. The van der Waals surface area contributed by atoms with E-state index in [9.17, 15) is 9.59 Å². The Morgan fingerprint density at radius 1 is 1.05 bits per heavy atom. The zero-order chi connectivity index (χ0) is 14.6. The van der Waals surface area contributed by atoms with E-state index in [0.29, 0.717) is 0 Å². The molecule has 0 bridgehead atoms. The molecule has 7 heteroatoms. The van der Waals surface area contributed by atoms with E-state index in [1.165, 1.54) is 28.1 Å². The van der Waals surface area contributed by atoms with Crippen molar-refractivity contribution in [2.24, 2.45) is 0 Å². The summed E-state index contributed by atoms with van der Waals surface area (Å²) in [7, 11) is 2.91. The third kappa shape index (κ3) is 3.89. The minimum absolute atomic E-state index is 0.421. The first-order chi connectivity index (χ1) is 8.90. The summed E-state index contributed by atoms with van der Waals surface area (Å²) in [5.41, 5.74) is 0. The zero-order valence-corrected chi connectivity index (χ0v) is 11.7. The molecule has 0 spiro atoms. The summed E-state index contributed by atoms with van der Waals surface area (Å²) in [6.07, 6.45) is -3.13. The lowest BCUT2D eigenvalue weighted by Gasteiger charge is -2.24. The maximum absolute atomic E-state index is 11.1. The van der Waals surface area contributed by atoms with Crippen molar-refractivity contribution in [1.29, 1.82) is 0 Å². The number of ether oxygens (including phenoxy) is 5. The zero-order valence-electron chi connectivity index (χ0n) is 11.7. The summed E-state index contributed by atoms with van der Waals surface area (Å²) < 4.78 is 26.2. The molecule has 0 aliphatic carbocycles. The van der Waals surface area contributed by atoms with E-state index in [0.717, 1.165) is 0 Å². The third-order valence-electron chi connectivity index (χ3n) is 2.83. The first-order valence-electron chi connectivity index (χ1n) is 5.96. The Bertz CT molecular complexity index is 330. The molecule has 19 heavy (non-hydrogen) atoms. The van der Waals surface area contributed by atoms with Gasteiger partial charge in [-0.25, -0.2) is 0 Å². The summed E-state index contributed by atoms with van der Waals surface area (Å²) >= 11 is 0. The van der Waals surface area contributed by atoms with Crippen LogP contribution in [0.4, 0.5) is 0 Å². The van der Waals surface area contributed by atoms with Gasteiger partial charge in [0.15, 0.2) is 12.4 Å². The number of hydrogen-bond donors (Lipinski definition) is 0. The minimum Gasteiger partial charge on any atom is -0.460 e. The van der Waals surface area contributed by atoms with Gasteiger partial charge in [-0.15, -0.1) is 0 Å². The molecule has 1 aliphatic heterocycles. The predicted molar refractivity (Wildman–Crippen MR) is 63.2 cm³/mol. The second-order valence-corrected chi connectivity index (χ2v) is 4.29. The van der Waals surface area contributed by atoms with Crippen LogP contribution in [0.15, 0.2) is 0 Å². The maximum Gasteiger partial charge on any atom is 0.303 e. The van der Waals surface area contributed by atoms with Gasteiger partial charge >= 0.3 is 11.9 Å². The quantitative estimate of drug-likeness (QED) is 0.666. The first-order valence-corrected chi connectivity index (χ1v) is 5.96. The predicted octanol–water partition coefficient (Wildman–Crippen LogP) is 0.256. The first kappa shape index (κ1) is 15.9. The second kappa shape index (κ2) is 6.83. The number of methoxy groups -OCH3 is 2. The van der Waals surface area contributed by atoms with Crippen LogP contribution in [0.3, 0.4) is 0 Å². The Balaban J connectivity index is 2.83. The summed E-state index contributed by atoms with van der Waals surface area (Å²) in [4.78, 5) is 22.1. The summed E-state index contributed by atoms with van der Waals surface area (Å²) in [6, 6.07) is 0. The lowest BCUT2D eigenvalue weighted by atomic mass is 10.1. The van der Waals surface area contributed by atoms with Crippen molar-refractivity contribution >= 4 is 11.9 Å². The molecular formula is C12H20O7. The van der Waals surface area contributed by atoms with Crippen LogP contribution in [0.2, 0.25) is 0 Å². The molecule has 7 nitrogen and oxygen atoms in total. The second-order valence-electron chi connectivity index (χ2n) is 4.29. The van der Waals surface area contributed by atoms with E-state index in [4.69, 9.17) is 23.7 Å². The molecule has 1 heterocycles. The molecule has 1 saturated heterocycles. The topological polar surface area (TPSA) is 80.3 Å². The largest absolute Gasteiger partial charge is 0.460 e. The van der Waals surface area contributed by atoms with E-state index in [2.05, 4.69) is 0 Å². The van der Waals surface area contributed by atoms with Gasteiger partial charge in [0.2, 0.25) is 0 Å². The van der Waals surface area contributed by atoms with Crippen molar-refractivity contribution in [3.63, 3.8) is 0 Å². The van der Waals surface area contributed by atoms with Crippen LogP contribution < -0.4 is 0 Å². The highest BCUT2D eigenvalue weighted by molar-refractivity contribution is 5.66. The Hall–Kier alpha value is -1.18. The van der Waals surface area contributed by atoms with Gasteiger partial charge in [-0.05, 0) is 6.92 Å². The fraction of sp³-hybridized carbons (Fsp3) is 0.833. The normalized spacial score (nSPS) is 31.8. The third-order valence-corrected chi connectivity index (χ3v) is 2.83. The highest BCUT2D eigenvalue weighted by Gasteiger charge is 2.50. The number of hydrogen-bond acceptors (Lipinski definition) is 7. The van der Waals surface area contributed by atoms with Gasteiger partial charge in [0.1, 0.15) is 18.3 Å². The Labute approximate surface area is 112 Å². The van der Waals surface area contributed by atoms with E-state index >= 15 is 0 Å². The molecule has 5 atom stereocenters. The number of esters is 2. The van der Waals surface area contributed by atoms with Crippen LogP contribution >= 0.6 is 0 Å². The van der Waals surface area contributed by atoms with Crippen molar-refractivity contribution in [3.05, 3.63) is 0 Å². The lowest BCUT2D eigenvalue weighted by molar-refractivity contribution is -0.185. The van der Waals surface area contributed by atoms with Crippen molar-refractivity contribution < 1.29 is 33.3 Å². The molecule has 0 radical (unpaired) electrons. The number of carbonyl (C=O) groups is 2. The maximum atomic E-state index is 11.1. The average molecular weight is 276 g/mol. The summed E-state index contributed by atoms with van der Waals surface area (Å²) in [5, 5.41) is 0. The van der Waals surface area contributed by atoms with Gasteiger partial charge in [0.25, 0.3) is 0 Å². The van der Waals surface area contributed by atoms with Crippen molar-refractivity contribution in [2.75, 3.05) is 14.2 Å². The summed E-state index contributed by atoms with van der Waals surface area (Å²) in [6.45, 7) is 4.29. The molecule has 0 aromatic carbocycles. The van der Waals surface area contributed by atoms with Crippen LogP contribution in [-0.2, 0) is 33.3 Å². The molecule has 0 aromatic rings. The van der Waals surface area contributed by atoms with Crippen molar-refractivity contribution in [3.8, 4) is 0 Å². The highest BCUT2D eigenvalue weighted by atomic mass is 16.7. The Kier molecular flexibility index (Phi) is 5.71. The fourth-order valence-electron chi connectivity index (χ4n) is 2.13. The SMILES string of the molecule is COC1O[C@@H]([C@H](C)OC(C)=O)[C@H](OC)[C@@H]1OC(C)=O. The molecule has 1 aliphatic rings. The van der Waals surface area contributed by atoms with Gasteiger partial charge in [0.05, 0.1) is 0 Å². The van der Waals surface area contributed by atoms with Crippen molar-refractivity contribution in [1.82, 2.24) is 0 Å². The highest BCUT2D eigenvalue weighted by Crippen LogP contribution is 2.29. The minimum atomic E-state index is -0.753. The molecule has 0 amide bonds. The van der Waals surface area contributed by atoms with Gasteiger partial charge in [-0.1, -0.05) is 0 Å². The van der Waals surface area contributed by atoms with Gasteiger partial charge < -0.3 is 23.7 Å². The van der Waals surface area contributed by atoms with E-state index < -0.39 is 42.6 Å². The average Bonchev–Trinajstić information content (AvgIpc) is 2.65. The van der Waals surface area contributed by atoms with Gasteiger partial charge in [-0.2, -0.15) is 0 Å². The number of carbonyl (C=O) groups excluding carboxylic acids is 2. The van der Waals surface area contributed by atoms with E-state index in [1.54, 1.807) is 6.92 Å². The standard InChI is InChI=1S/C12H20O7/c1-6(17-7(2)13)9-10(15-4)11(18-8(3)14)12(16-5)19-9/h6,9-12H,1-5H3/t6-,9-,10-,11-,12?/m0/s1. The molecule has 1 fully saturated rings. The van der Waals surface area contributed by atoms with Gasteiger partial charge in [0, 0.05) is 28.1 Å². The monoisotopic (exact) mass is 276 g/mol. The van der Waals surface area contributed by atoms with Crippen LogP contribution in [-0.4, -0.2) is 56.9 Å². The van der Waals surface area contributed by atoms with Crippen LogP contribution in [0.5, 0.6) is 0 Å². The smallest absolute Gasteiger partial charge is 0.303 e. The molecular weight excluding hydrogens is 256 g/mol. The van der Waals surface area contributed by atoms with Gasteiger partial charge in [-0.3, -0.25) is 9.59 Å². The van der Waals surface area contributed by atoms with E-state index in [1.807, 2.05) is 0 Å². The van der Waals surface area contributed by atoms with Crippen LogP contribution in [0.1, 0.15) is 20.8 Å². The van der Waals surface area contributed by atoms with Crippen molar-refractivity contribution in [2.45, 2.75) is 51.5 Å². The molecule has 1 unspecified atom stereocenters. The van der Waals surface area contributed by atoms with E-state index in [-0.39, 0.29) is 0 Å². The molecule has 110 valence electrons. The molecule has 0 saturated carbocycles. The molecule has 1 rings (SSSR count). The Morgan fingerprint density at radius 3 is 2.11 bits per heavy atom. The van der Waals surface area contributed by atoms with Crippen LogP contribution in [0, 0.1) is 0 Å². The fourth-order valence-corrected chi connectivity index (χ4v) is 2.13. The summed E-state index contributed by atoms with van der Waals surface area (Å²) in [5.74, 6) is -0.880. The Morgan fingerprint density at radius 2 is 1.68 bits per heavy atom. The van der Waals surface area contributed by atoms with Crippen LogP contribution in [0.25, 0.3) is 0 Å². The molecule has 0 N–H and O–H groups in total. The number of rotatable bonds is 5.